The molecule has 5 heteroatoms. The second-order valence-electron chi connectivity index (χ2n) is 5.51. The lowest BCUT2D eigenvalue weighted by Gasteiger charge is -2.17. The quantitative estimate of drug-likeness (QED) is 0.625. The van der Waals surface area contributed by atoms with Gasteiger partial charge >= 0.3 is 0 Å². The number of carbonyl (C=O) groups excluding carboxylic acids is 2. The fraction of sp³-hybridized carbons (Fsp3) is 0.857. The fourth-order valence-electron chi connectivity index (χ4n) is 1.35. The van der Waals surface area contributed by atoms with Gasteiger partial charge in [0.25, 0.3) is 0 Å². The van der Waals surface area contributed by atoms with E-state index in [9.17, 15) is 9.59 Å². The van der Waals surface area contributed by atoms with Crippen LogP contribution in [0.3, 0.4) is 0 Å². The monoisotopic (exact) mass is 272 g/mol. The van der Waals surface area contributed by atoms with Crippen LogP contribution < -0.4 is 10.6 Å². The third-order valence-corrected chi connectivity index (χ3v) is 2.54. The highest BCUT2D eigenvalue weighted by Crippen LogP contribution is 2.12. The smallest absolute Gasteiger partial charge is 0.225 e. The number of amides is 2. The van der Waals surface area contributed by atoms with Gasteiger partial charge in [0.2, 0.25) is 11.8 Å². The summed E-state index contributed by atoms with van der Waals surface area (Å²) >= 11 is 0. The van der Waals surface area contributed by atoms with Gasteiger partial charge in [-0.25, -0.2) is 0 Å². The maximum Gasteiger partial charge on any atom is 0.225 e. The zero-order valence-corrected chi connectivity index (χ0v) is 12.7. The van der Waals surface area contributed by atoms with E-state index in [4.69, 9.17) is 4.74 Å². The molecule has 2 amide bonds. The summed E-state index contributed by atoms with van der Waals surface area (Å²) in [6.07, 6.45) is 1.94. The Morgan fingerprint density at radius 3 is 2.26 bits per heavy atom. The van der Waals surface area contributed by atoms with E-state index in [1.807, 2.05) is 27.7 Å². The molecule has 0 fully saturated rings. The molecular weight excluding hydrogens is 244 g/mol. The van der Waals surface area contributed by atoms with Crippen molar-refractivity contribution in [1.82, 2.24) is 10.6 Å². The van der Waals surface area contributed by atoms with E-state index in [1.54, 1.807) is 0 Å². The predicted octanol–water partition coefficient (Wildman–Crippen LogP) is 1.47. The Labute approximate surface area is 116 Å². The van der Waals surface area contributed by atoms with Crippen LogP contribution in [0.25, 0.3) is 0 Å². The van der Waals surface area contributed by atoms with Gasteiger partial charge in [0.15, 0.2) is 0 Å². The first kappa shape index (κ1) is 17.9. The zero-order chi connectivity index (χ0) is 14.7. The Balaban J connectivity index is 3.46. The van der Waals surface area contributed by atoms with E-state index >= 15 is 0 Å². The lowest BCUT2D eigenvalue weighted by molar-refractivity contribution is -0.128. The van der Waals surface area contributed by atoms with Crippen molar-refractivity contribution in [2.45, 2.75) is 47.0 Å². The third-order valence-electron chi connectivity index (χ3n) is 2.54. The van der Waals surface area contributed by atoms with Crippen molar-refractivity contribution in [3.05, 3.63) is 0 Å². The Bertz CT molecular complexity index is 272. The summed E-state index contributed by atoms with van der Waals surface area (Å²) in [6.45, 7) is 10.1. The third kappa shape index (κ3) is 10.5. The minimum atomic E-state index is -0.373. The van der Waals surface area contributed by atoms with E-state index in [2.05, 4.69) is 10.6 Å². The molecule has 112 valence electrons. The van der Waals surface area contributed by atoms with Crippen LogP contribution in [-0.2, 0) is 14.3 Å². The molecule has 0 radical (unpaired) electrons. The molecule has 0 aliphatic rings. The average Bonchev–Trinajstić information content (AvgIpc) is 2.33. The molecule has 0 saturated carbocycles. The molecule has 5 nitrogen and oxygen atoms in total. The molecule has 0 rings (SSSR count). The SMILES string of the molecule is CCOCCCNC(=O)CCCNC(=O)C(C)(C)C. The van der Waals surface area contributed by atoms with E-state index < -0.39 is 0 Å². The summed E-state index contributed by atoms with van der Waals surface area (Å²) in [5.41, 5.74) is -0.373. The Kier molecular flexibility index (Phi) is 9.21. The zero-order valence-electron chi connectivity index (χ0n) is 12.7. The van der Waals surface area contributed by atoms with Crippen molar-refractivity contribution in [2.75, 3.05) is 26.3 Å². The minimum Gasteiger partial charge on any atom is -0.382 e. The summed E-state index contributed by atoms with van der Waals surface area (Å²) < 4.78 is 5.17. The van der Waals surface area contributed by atoms with Gasteiger partial charge in [-0.2, -0.15) is 0 Å². The lowest BCUT2D eigenvalue weighted by Crippen LogP contribution is -2.35. The van der Waals surface area contributed by atoms with Crippen molar-refractivity contribution in [3.8, 4) is 0 Å². The van der Waals surface area contributed by atoms with E-state index in [0.717, 1.165) is 6.42 Å². The maximum atomic E-state index is 11.6. The van der Waals surface area contributed by atoms with Crippen LogP contribution in [0.5, 0.6) is 0 Å². The first-order valence-corrected chi connectivity index (χ1v) is 7.00. The second-order valence-corrected chi connectivity index (χ2v) is 5.51. The molecule has 0 aromatic carbocycles. The Hall–Kier alpha value is -1.10. The number of nitrogens with one attached hydrogen (secondary N) is 2. The summed E-state index contributed by atoms with van der Waals surface area (Å²) in [4.78, 5) is 23.0. The maximum absolute atomic E-state index is 11.6. The molecule has 19 heavy (non-hydrogen) atoms. The highest BCUT2D eigenvalue weighted by Gasteiger charge is 2.20. The normalized spacial score (nSPS) is 11.2. The van der Waals surface area contributed by atoms with Gasteiger partial charge in [-0.15, -0.1) is 0 Å². The molecule has 0 aromatic rings. The first-order chi connectivity index (χ1) is 8.88. The van der Waals surface area contributed by atoms with Crippen LogP contribution in [0, 0.1) is 5.41 Å². The summed E-state index contributed by atoms with van der Waals surface area (Å²) in [5.74, 6) is 0.0473. The molecule has 0 aromatic heterocycles. The predicted molar refractivity (Wildman–Crippen MR) is 75.8 cm³/mol. The van der Waals surface area contributed by atoms with Gasteiger partial charge in [0, 0.05) is 38.1 Å². The Morgan fingerprint density at radius 1 is 1.05 bits per heavy atom. The van der Waals surface area contributed by atoms with Gasteiger partial charge in [0.1, 0.15) is 0 Å². The fourth-order valence-corrected chi connectivity index (χ4v) is 1.35. The molecule has 0 saturated heterocycles. The van der Waals surface area contributed by atoms with Gasteiger partial charge in [0.05, 0.1) is 0 Å². The highest BCUT2D eigenvalue weighted by molar-refractivity contribution is 5.81. The largest absolute Gasteiger partial charge is 0.382 e. The molecule has 0 atom stereocenters. The van der Waals surface area contributed by atoms with Gasteiger partial charge in [-0.3, -0.25) is 9.59 Å². The van der Waals surface area contributed by atoms with Gasteiger partial charge < -0.3 is 15.4 Å². The van der Waals surface area contributed by atoms with Crippen LogP contribution in [0.1, 0.15) is 47.0 Å². The average molecular weight is 272 g/mol. The number of ether oxygens (including phenoxy) is 1. The van der Waals surface area contributed by atoms with Gasteiger partial charge in [-0.05, 0) is 19.8 Å². The second kappa shape index (κ2) is 9.78. The molecule has 0 aliphatic carbocycles. The number of hydrogen-bond acceptors (Lipinski definition) is 3. The molecule has 2 N–H and O–H groups in total. The van der Waals surface area contributed by atoms with Crippen molar-refractivity contribution >= 4 is 11.8 Å². The number of carbonyl (C=O) groups is 2. The molecular formula is C14H28N2O3. The van der Waals surface area contributed by atoms with Crippen molar-refractivity contribution in [2.24, 2.45) is 5.41 Å². The van der Waals surface area contributed by atoms with E-state index in [0.29, 0.717) is 39.1 Å². The molecule has 0 heterocycles. The van der Waals surface area contributed by atoms with Crippen molar-refractivity contribution in [1.29, 1.82) is 0 Å². The van der Waals surface area contributed by atoms with Crippen LogP contribution in [0.4, 0.5) is 0 Å². The standard InChI is InChI=1S/C14H28N2O3/c1-5-19-11-7-10-15-12(17)8-6-9-16-13(18)14(2,3)4/h5-11H2,1-4H3,(H,15,17)(H,16,18). The van der Waals surface area contributed by atoms with Crippen LogP contribution in [0.2, 0.25) is 0 Å². The molecule has 0 unspecified atom stereocenters. The number of rotatable bonds is 9. The summed E-state index contributed by atoms with van der Waals surface area (Å²) in [5, 5.41) is 5.65. The first-order valence-electron chi connectivity index (χ1n) is 7.00. The lowest BCUT2D eigenvalue weighted by atomic mass is 9.96. The topological polar surface area (TPSA) is 67.4 Å². The summed E-state index contributed by atoms with van der Waals surface area (Å²) in [6, 6.07) is 0. The van der Waals surface area contributed by atoms with Crippen LogP contribution in [-0.4, -0.2) is 38.1 Å². The van der Waals surface area contributed by atoms with Crippen molar-refractivity contribution in [3.63, 3.8) is 0 Å². The summed E-state index contributed by atoms with van der Waals surface area (Å²) in [7, 11) is 0. The van der Waals surface area contributed by atoms with E-state index in [1.165, 1.54) is 0 Å². The highest BCUT2D eigenvalue weighted by atomic mass is 16.5. The van der Waals surface area contributed by atoms with Crippen LogP contribution in [0.15, 0.2) is 0 Å². The van der Waals surface area contributed by atoms with E-state index in [-0.39, 0.29) is 17.2 Å². The van der Waals surface area contributed by atoms with Gasteiger partial charge in [-0.1, -0.05) is 20.8 Å². The molecule has 0 spiro atoms. The van der Waals surface area contributed by atoms with Crippen molar-refractivity contribution < 1.29 is 14.3 Å². The Morgan fingerprint density at radius 2 is 1.68 bits per heavy atom. The molecule has 0 bridgehead atoms. The molecule has 0 aliphatic heterocycles. The number of hydrogen-bond donors (Lipinski definition) is 2. The van der Waals surface area contributed by atoms with Crippen LogP contribution >= 0.6 is 0 Å². The minimum absolute atomic E-state index is 0.0182.